The molecule has 10 heteroatoms. The largest absolute Gasteiger partial charge is 0.497 e. The lowest BCUT2D eigenvalue weighted by molar-refractivity contribution is -0.118. The van der Waals surface area contributed by atoms with E-state index in [4.69, 9.17) is 9.47 Å². The molecule has 2 heterocycles. The van der Waals surface area contributed by atoms with Gasteiger partial charge in [0.15, 0.2) is 15.7 Å². The topological polar surface area (TPSA) is 122 Å². The van der Waals surface area contributed by atoms with E-state index in [2.05, 4.69) is 20.8 Å². The van der Waals surface area contributed by atoms with Gasteiger partial charge in [-0.25, -0.2) is 8.42 Å². The molecule has 3 N–H and O–H groups in total. The lowest BCUT2D eigenvalue weighted by atomic mass is 9.91. The van der Waals surface area contributed by atoms with Crippen molar-refractivity contribution in [2.75, 3.05) is 24.9 Å². The van der Waals surface area contributed by atoms with Crippen LogP contribution >= 0.6 is 0 Å². The first-order chi connectivity index (χ1) is 18.2. The number of rotatable bonds is 7. The Morgan fingerprint density at radius 2 is 1.87 bits per heavy atom. The number of H-pyrrole nitrogens is 1. The van der Waals surface area contributed by atoms with Gasteiger partial charge in [-0.3, -0.25) is 9.89 Å². The Balaban J connectivity index is 1.32. The maximum Gasteiger partial charge on any atom is 0.235 e. The van der Waals surface area contributed by atoms with Gasteiger partial charge in [-0.05, 0) is 79.9 Å². The first-order valence-electron chi connectivity index (χ1n) is 12.4. The number of amides is 1. The highest BCUT2D eigenvalue weighted by atomic mass is 32.2. The fourth-order valence-corrected chi connectivity index (χ4v) is 6.49. The van der Waals surface area contributed by atoms with Gasteiger partial charge in [0.1, 0.15) is 11.5 Å². The minimum absolute atomic E-state index is 0.0149. The van der Waals surface area contributed by atoms with Crippen LogP contribution in [0.5, 0.6) is 11.5 Å². The van der Waals surface area contributed by atoms with E-state index in [1.165, 1.54) is 7.11 Å². The van der Waals surface area contributed by atoms with Crippen molar-refractivity contribution in [2.45, 2.75) is 41.7 Å². The average molecular weight is 533 g/mol. The second-order valence-electron chi connectivity index (χ2n) is 10.1. The summed E-state index contributed by atoms with van der Waals surface area (Å²) in [6.07, 6.45) is 0.720. The van der Waals surface area contributed by atoms with Crippen molar-refractivity contribution in [2.24, 2.45) is 0 Å². The van der Waals surface area contributed by atoms with Crippen LogP contribution in [0.15, 0.2) is 59.5 Å². The number of nitrogens with one attached hydrogen (secondary N) is 3. The van der Waals surface area contributed by atoms with Crippen molar-refractivity contribution in [3.8, 4) is 11.5 Å². The number of aromatic amines is 1. The van der Waals surface area contributed by atoms with Gasteiger partial charge in [-0.2, -0.15) is 5.10 Å². The molecular weight excluding hydrogens is 504 g/mol. The third kappa shape index (κ3) is 3.54. The van der Waals surface area contributed by atoms with Crippen molar-refractivity contribution in [1.82, 2.24) is 10.2 Å². The zero-order valence-corrected chi connectivity index (χ0v) is 22.3. The number of nitrogens with zero attached hydrogens (tertiary/aromatic N) is 1. The van der Waals surface area contributed by atoms with Gasteiger partial charge < -0.3 is 20.1 Å². The van der Waals surface area contributed by atoms with Crippen molar-refractivity contribution in [3.63, 3.8) is 0 Å². The number of anilines is 3. The van der Waals surface area contributed by atoms with E-state index in [-0.39, 0.29) is 16.7 Å². The van der Waals surface area contributed by atoms with Crippen LogP contribution in [-0.2, 0) is 20.0 Å². The van der Waals surface area contributed by atoms with Crippen LogP contribution in [0.3, 0.4) is 0 Å². The number of sulfone groups is 1. The quantitative estimate of drug-likeness (QED) is 0.310. The van der Waals surface area contributed by atoms with Crippen molar-refractivity contribution in [3.05, 3.63) is 65.7 Å². The smallest absolute Gasteiger partial charge is 0.235 e. The second kappa shape index (κ2) is 8.49. The SMILES string of the molecule is COc1ccc2c(c1)[C@]1(C[C@H]1c1ccc3c(Nc4cc(S(=O)(=O)C(C)C)ccc4OC)n[nH]c3c1)C(=O)N2. The molecule has 0 unspecified atom stereocenters. The fraction of sp³-hybridized carbons (Fsp3) is 0.286. The summed E-state index contributed by atoms with van der Waals surface area (Å²) < 4.78 is 36.3. The Labute approximate surface area is 220 Å². The molecule has 3 aromatic carbocycles. The summed E-state index contributed by atoms with van der Waals surface area (Å²) in [4.78, 5) is 13.2. The number of aromatic nitrogens is 2. The van der Waals surface area contributed by atoms with Crippen LogP contribution in [0, 0.1) is 0 Å². The van der Waals surface area contributed by atoms with E-state index < -0.39 is 20.5 Å². The van der Waals surface area contributed by atoms with E-state index in [0.29, 0.717) is 17.3 Å². The Bertz CT molecular complexity index is 1710. The number of hydrogen-bond donors (Lipinski definition) is 3. The third-order valence-electron chi connectivity index (χ3n) is 7.68. The molecule has 0 bridgehead atoms. The average Bonchev–Trinajstić information content (AvgIpc) is 3.46. The number of benzene rings is 3. The van der Waals surface area contributed by atoms with E-state index >= 15 is 0 Å². The monoisotopic (exact) mass is 532 g/mol. The highest BCUT2D eigenvalue weighted by Gasteiger charge is 2.65. The summed E-state index contributed by atoms with van der Waals surface area (Å²) in [5.74, 6) is 1.83. The number of methoxy groups -OCH3 is 2. The molecule has 1 amide bonds. The highest BCUT2D eigenvalue weighted by Crippen LogP contribution is 2.65. The molecule has 38 heavy (non-hydrogen) atoms. The molecule has 6 rings (SSSR count). The summed E-state index contributed by atoms with van der Waals surface area (Å²) >= 11 is 0. The van der Waals surface area contributed by atoms with Gasteiger partial charge in [-0.1, -0.05) is 6.07 Å². The predicted molar refractivity (Wildman–Crippen MR) is 145 cm³/mol. The third-order valence-corrected chi connectivity index (χ3v) is 9.84. The first kappa shape index (κ1) is 24.3. The van der Waals surface area contributed by atoms with Gasteiger partial charge in [-0.15, -0.1) is 0 Å². The molecule has 1 aliphatic carbocycles. The standard InChI is InChI=1S/C28H28N4O5S/c1-15(2)38(34,35)18-7-10-25(37-4)24(13-18)29-26-19-8-5-16(11-23(19)31-32-26)21-14-28(21)20-12-17(36-3)6-9-22(20)30-27(28)33/h5-13,15,21H,14H2,1-4H3,(H,30,33)(H2,29,31,32)/t21-,28-/m0/s1. The molecule has 1 aliphatic heterocycles. The maximum atomic E-state index is 13.0. The van der Waals surface area contributed by atoms with Gasteiger partial charge >= 0.3 is 0 Å². The molecule has 0 saturated heterocycles. The molecular formula is C28H28N4O5S. The van der Waals surface area contributed by atoms with Crippen LogP contribution in [0.1, 0.15) is 37.3 Å². The van der Waals surface area contributed by atoms with E-state index in [1.54, 1.807) is 39.2 Å². The minimum Gasteiger partial charge on any atom is -0.497 e. The molecule has 1 saturated carbocycles. The Hall–Kier alpha value is -4.05. The summed E-state index contributed by atoms with van der Waals surface area (Å²) in [5.41, 5.74) is 3.57. The zero-order chi connectivity index (χ0) is 26.8. The molecule has 9 nitrogen and oxygen atoms in total. The first-order valence-corrected chi connectivity index (χ1v) is 13.9. The normalized spacial score (nSPS) is 20.0. The molecule has 4 aromatic rings. The van der Waals surface area contributed by atoms with Crippen LogP contribution in [-0.4, -0.2) is 44.0 Å². The van der Waals surface area contributed by atoms with Gasteiger partial charge in [0.2, 0.25) is 5.91 Å². The van der Waals surface area contributed by atoms with Crippen molar-refractivity contribution >= 4 is 43.8 Å². The number of fused-ring (bicyclic) bond motifs is 3. The zero-order valence-electron chi connectivity index (χ0n) is 21.5. The Morgan fingerprint density at radius 1 is 1.05 bits per heavy atom. The second-order valence-corrected chi connectivity index (χ2v) is 12.6. The van der Waals surface area contributed by atoms with Gasteiger partial charge in [0, 0.05) is 17.0 Å². The Morgan fingerprint density at radius 3 is 2.61 bits per heavy atom. The molecule has 0 radical (unpaired) electrons. The van der Waals surface area contributed by atoms with E-state index in [0.717, 1.165) is 39.9 Å². The van der Waals surface area contributed by atoms with Crippen LogP contribution in [0.2, 0.25) is 0 Å². The lowest BCUT2D eigenvalue weighted by Gasteiger charge is -2.14. The Kier molecular flexibility index (Phi) is 5.43. The summed E-state index contributed by atoms with van der Waals surface area (Å²) in [7, 11) is -0.307. The van der Waals surface area contributed by atoms with Crippen LogP contribution < -0.4 is 20.1 Å². The number of carbonyl (C=O) groups is 1. The van der Waals surface area contributed by atoms with E-state index in [9.17, 15) is 13.2 Å². The van der Waals surface area contributed by atoms with Crippen molar-refractivity contribution < 1.29 is 22.7 Å². The van der Waals surface area contributed by atoms with Gasteiger partial charge in [0.05, 0.1) is 41.0 Å². The summed E-state index contributed by atoms with van der Waals surface area (Å²) in [5, 5.41) is 14.1. The number of hydrogen-bond acceptors (Lipinski definition) is 7. The molecule has 2 aliphatic rings. The van der Waals surface area contributed by atoms with Crippen LogP contribution in [0.4, 0.5) is 17.2 Å². The summed E-state index contributed by atoms with van der Waals surface area (Å²) in [6.45, 7) is 3.31. The summed E-state index contributed by atoms with van der Waals surface area (Å²) in [6, 6.07) is 16.4. The molecule has 2 atom stereocenters. The van der Waals surface area contributed by atoms with Crippen LogP contribution in [0.25, 0.3) is 10.9 Å². The molecule has 196 valence electrons. The predicted octanol–water partition coefficient (Wildman–Crippen LogP) is 4.88. The fourth-order valence-electron chi connectivity index (χ4n) is 5.41. The maximum absolute atomic E-state index is 13.0. The molecule has 1 spiro atoms. The highest BCUT2D eigenvalue weighted by molar-refractivity contribution is 7.92. The molecule has 1 aromatic heterocycles. The number of carbonyl (C=O) groups excluding carboxylic acids is 1. The van der Waals surface area contributed by atoms with Crippen molar-refractivity contribution in [1.29, 1.82) is 0 Å². The lowest BCUT2D eigenvalue weighted by Crippen LogP contribution is -2.21. The van der Waals surface area contributed by atoms with E-state index in [1.807, 2.05) is 36.4 Å². The molecule has 1 fully saturated rings. The minimum atomic E-state index is -3.46. The van der Waals surface area contributed by atoms with Gasteiger partial charge in [0.25, 0.3) is 0 Å². The number of ether oxygens (including phenoxy) is 2.